The van der Waals surface area contributed by atoms with E-state index >= 15 is 0 Å². The summed E-state index contributed by atoms with van der Waals surface area (Å²) < 4.78 is 31.3. The number of sulfone groups is 1. The lowest BCUT2D eigenvalue weighted by atomic mass is 10.2. The van der Waals surface area contributed by atoms with E-state index in [1.54, 1.807) is 20.8 Å². The van der Waals surface area contributed by atoms with Crippen LogP contribution >= 0.6 is 11.5 Å². The average molecular weight is 278 g/mol. The first-order chi connectivity index (χ1) is 7.52. The van der Waals surface area contributed by atoms with Crippen molar-refractivity contribution < 1.29 is 17.9 Å². The Labute approximate surface area is 104 Å². The van der Waals surface area contributed by atoms with E-state index in [9.17, 15) is 13.2 Å². The molecule has 0 unspecified atom stereocenters. The number of hydrogen-bond donors (Lipinski definition) is 1. The Morgan fingerprint density at radius 3 is 2.29 bits per heavy atom. The van der Waals surface area contributed by atoms with Crippen LogP contribution in [0.5, 0.6) is 0 Å². The highest BCUT2D eigenvalue weighted by Crippen LogP contribution is 2.27. The van der Waals surface area contributed by atoms with Gasteiger partial charge in [-0.1, -0.05) is 0 Å². The minimum atomic E-state index is -3.52. The number of aromatic nitrogens is 1. The summed E-state index contributed by atoms with van der Waals surface area (Å²) in [5.74, 6) is -0.664. The molecule has 1 aromatic rings. The Morgan fingerprint density at radius 2 is 1.94 bits per heavy atom. The summed E-state index contributed by atoms with van der Waals surface area (Å²) in [7, 11) is -3.52. The van der Waals surface area contributed by atoms with Crippen molar-refractivity contribution in [3.8, 4) is 0 Å². The lowest BCUT2D eigenvalue weighted by Gasteiger charge is -2.18. The first kappa shape index (κ1) is 13.9. The van der Waals surface area contributed by atoms with E-state index in [1.165, 1.54) is 0 Å². The number of nitrogens with zero attached hydrogens (tertiary/aromatic N) is 1. The Bertz CT molecular complexity index is 540. The molecular weight excluding hydrogens is 264 g/mol. The second-order valence-corrected chi connectivity index (χ2v) is 7.21. The minimum absolute atomic E-state index is 0.0142. The lowest BCUT2D eigenvalue weighted by molar-refractivity contribution is 0.00763. The summed E-state index contributed by atoms with van der Waals surface area (Å²) in [6.45, 7) is 5.12. The van der Waals surface area contributed by atoms with Crippen LogP contribution in [0.3, 0.4) is 0 Å². The van der Waals surface area contributed by atoms with Crippen molar-refractivity contribution >= 4 is 33.0 Å². The van der Waals surface area contributed by atoms with Gasteiger partial charge < -0.3 is 10.5 Å². The highest BCUT2D eigenvalue weighted by Gasteiger charge is 2.27. The lowest BCUT2D eigenvalue weighted by Crippen LogP contribution is -2.23. The molecule has 96 valence electrons. The molecule has 0 atom stereocenters. The largest absolute Gasteiger partial charge is 0.456 e. The van der Waals surface area contributed by atoms with Crippen molar-refractivity contribution in [2.45, 2.75) is 31.4 Å². The number of ether oxygens (including phenoxy) is 1. The van der Waals surface area contributed by atoms with E-state index in [2.05, 4.69) is 4.37 Å². The van der Waals surface area contributed by atoms with E-state index < -0.39 is 21.4 Å². The van der Waals surface area contributed by atoms with Crippen LogP contribution in [0.15, 0.2) is 5.03 Å². The van der Waals surface area contributed by atoms with Crippen LogP contribution in [0.4, 0.5) is 5.69 Å². The van der Waals surface area contributed by atoms with Gasteiger partial charge in [-0.3, -0.25) is 0 Å². The Hall–Kier alpha value is -1.15. The third-order valence-corrected chi connectivity index (χ3v) is 3.60. The summed E-state index contributed by atoms with van der Waals surface area (Å²) >= 11 is 0.723. The number of anilines is 1. The van der Waals surface area contributed by atoms with Gasteiger partial charge in [0.05, 0.1) is 5.69 Å². The van der Waals surface area contributed by atoms with Crippen molar-refractivity contribution in [2.75, 3.05) is 12.0 Å². The fourth-order valence-corrected chi connectivity index (χ4v) is 2.82. The van der Waals surface area contributed by atoms with Gasteiger partial charge in [0, 0.05) is 6.26 Å². The average Bonchev–Trinajstić information content (AvgIpc) is 2.42. The van der Waals surface area contributed by atoms with E-state index in [-0.39, 0.29) is 15.6 Å². The standard InChI is InChI=1S/C9H14N2O4S2/c1-9(2,3)15-8(12)6-5(10)7(11-16-6)17(4,13)14/h10H2,1-4H3. The number of carbonyl (C=O) groups is 1. The van der Waals surface area contributed by atoms with Crippen molar-refractivity contribution in [1.29, 1.82) is 0 Å². The van der Waals surface area contributed by atoms with Crippen molar-refractivity contribution in [1.82, 2.24) is 4.37 Å². The molecule has 0 aliphatic rings. The highest BCUT2D eigenvalue weighted by molar-refractivity contribution is 7.90. The van der Waals surface area contributed by atoms with Crippen molar-refractivity contribution in [2.24, 2.45) is 0 Å². The van der Waals surface area contributed by atoms with Gasteiger partial charge in [0.2, 0.25) is 0 Å². The third kappa shape index (κ3) is 3.40. The summed E-state index contributed by atoms with van der Waals surface area (Å²) in [6, 6.07) is 0. The summed E-state index contributed by atoms with van der Waals surface area (Å²) in [5.41, 5.74) is 4.76. The molecule has 6 nitrogen and oxygen atoms in total. The zero-order chi connectivity index (χ0) is 13.4. The van der Waals surface area contributed by atoms with Gasteiger partial charge in [0.15, 0.2) is 19.7 Å². The molecule has 1 aromatic heterocycles. The molecule has 0 aliphatic carbocycles. The van der Waals surface area contributed by atoms with Crippen LogP contribution in [0, 0.1) is 0 Å². The second kappa shape index (κ2) is 4.26. The summed E-state index contributed by atoms with van der Waals surface area (Å²) in [5, 5.41) is -0.275. The van der Waals surface area contributed by atoms with Crippen LogP contribution in [-0.4, -0.2) is 30.6 Å². The first-order valence-electron chi connectivity index (χ1n) is 4.71. The Balaban J connectivity index is 3.11. The maximum atomic E-state index is 11.7. The van der Waals surface area contributed by atoms with E-state index in [1.807, 2.05) is 0 Å². The molecule has 0 fully saturated rings. The quantitative estimate of drug-likeness (QED) is 0.813. The molecule has 2 N–H and O–H groups in total. The zero-order valence-corrected chi connectivity index (χ0v) is 11.6. The van der Waals surface area contributed by atoms with Crippen LogP contribution in [0.1, 0.15) is 30.4 Å². The maximum absolute atomic E-state index is 11.7. The maximum Gasteiger partial charge on any atom is 0.352 e. The van der Waals surface area contributed by atoms with E-state index in [0.717, 1.165) is 17.8 Å². The van der Waals surface area contributed by atoms with Crippen molar-refractivity contribution in [3.05, 3.63) is 4.88 Å². The van der Waals surface area contributed by atoms with Gasteiger partial charge in [-0.05, 0) is 32.3 Å². The molecular formula is C9H14N2O4S2. The number of carbonyl (C=O) groups excluding carboxylic acids is 1. The SMILES string of the molecule is CC(C)(C)OC(=O)c1snc(S(C)(=O)=O)c1N. The zero-order valence-electron chi connectivity index (χ0n) is 9.97. The van der Waals surface area contributed by atoms with Crippen LogP contribution < -0.4 is 5.73 Å². The Morgan fingerprint density at radius 1 is 1.41 bits per heavy atom. The molecule has 0 bridgehead atoms. The molecule has 0 amide bonds. The molecule has 0 aromatic carbocycles. The fourth-order valence-electron chi connectivity index (χ4n) is 1.02. The molecule has 0 spiro atoms. The van der Waals surface area contributed by atoms with Gasteiger partial charge in [-0.25, -0.2) is 13.2 Å². The van der Waals surface area contributed by atoms with Crippen LogP contribution in [-0.2, 0) is 14.6 Å². The van der Waals surface area contributed by atoms with Gasteiger partial charge in [0.1, 0.15) is 5.60 Å². The third-order valence-electron chi connectivity index (χ3n) is 1.63. The predicted molar refractivity (Wildman–Crippen MR) is 64.8 cm³/mol. The molecule has 1 heterocycles. The summed E-state index contributed by atoms with van der Waals surface area (Å²) in [6.07, 6.45) is 0.983. The Kier molecular flexibility index (Phi) is 3.49. The molecule has 0 radical (unpaired) electrons. The molecule has 17 heavy (non-hydrogen) atoms. The summed E-state index contributed by atoms with van der Waals surface area (Å²) in [4.78, 5) is 11.7. The second-order valence-electron chi connectivity index (χ2n) is 4.50. The molecule has 1 rings (SSSR count). The number of nitrogen functional groups attached to an aromatic ring is 1. The van der Waals surface area contributed by atoms with Crippen molar-refractivity contribution in [3.63, 3.8) is 0 Å². The van der Waals surface area contributed by atoms with Crippen LogP contribution in [0.25, 0.3) is 0 Å². The number of esters is 1. The normalized spacial score (nSPS) is 12.5. The fraction of sp³-hybridized carbons (Fsp3) is 0.556. The van der Waals surface area contributed by atoms with E-state index in [0.29, 0.717) is 0 Å². The smallest absolute Gasteiger partial charge is 0.352 e. The van der Waals surface area contributed by atoms with Gasteiger partial charge in [0.25, 0.3) is 0 Å². The van der Waals surface area contributed by atoms with Crippen LogP contribution in [0.2, 0.25) is 0 Å². The minimum Gasteiger partial charge on any atom is -0.456 e. The highest BCUT2D eigenvalue weighted by atomic mass is 32.2. The van der Waals surface area contributed by atoms with Gasteiger partial charge in [-0.2, -0.15) is 4.37 Å². The molecule has 0 saturated heterocycles. The first-order valence-corrected chi connectivity index (χ1v) is 7.37. The van der Waals surface area contributed by atoms with E-state index in [4.69, 9.17) is 10.5 Å². The number of nitrogens with two attached hydrogens (primary N) is 1. The topological polar surface area (TPSA) is 99.3 Å². The predicted octanol–water partition coefficient (Wildman–Crippen LogP) is 1.08. The molecule has 8 heteroatoms. The number of rotatable bonds is 2. The molecule has 0 aliphatic heterocycles. The van der Waals surface area contributed by atoms with Gasteiger partial charge >= 0.3 is 5.97 Å². The van der Waals surface area contributed by atoms with Gasteiger partial charge in [-0.15, -0.1) is 0 Å². The molecule has 0 saturated carbocycles. The monoisotopic (exact) mass is 278 g/mol. The number of hydrogen-bond acceptors (Lipinski definition) is 7.